The molecule has 0 saturated carbocycles. The molecule has 1 amide bonds. The van der Waals surface area contributed by atoms with Gasteiger partial charge in [-0.25, -0.2) is 8.78 Å². The molecule has 2 aromatic rings. The average Bonchev–Trinajstić information content (AvgIpc) is 2.37. The van der Waals surface area contributed by atoms with Crippen molar-refractivity contribution in [3.63, 3.8) is 0 Å². The molecule has 0 spiro atoms. The lowest BCUT2D eigenvalue weighted by Gasteiger charge is -2.10. The lowest BCUT2D eigenvalue weighted by atomic mass is 10.1. The van der Waals surface area contributed by atoms with Gasteiger partial charge in [0, 0.05) is 11.8 Å². The van der Waals surface area contributed by atoms with Crippen LogP contribution < -0.4 is 16.2 Å². The van der Waals surface area contributed by atoms with Crippen LogP contribution in [0.15, 0.2) is 30.3 Å². The van der Waals surface area contributed by atoms with Gasteiger partial charge in [-0.3, -0.25) is 4.79 Å². The molecule has 2 rings (SSSR count). The van der Waals surface area contributed by atoms with Crippen molar-refractivity contribution in [3.05, 3.63) is 52.6 Å². The van der Waals surface area contributed by atoms with Crippen LogP contribution in [0, 0.1) is 11.6 Å². The highest BCUT2D eigenvalue weighted by Crippen LogP contribution is 2.32. The molecule has 0 aromatic heterocycles. The van der Waals surface area contributed by atoms with Crippen molar-refractivity contribution in [2.24, 2.45) is 5.73 Å². The minimum Gasteiger partial charge on any atom is -0.451 e. The van der Waals surface area contributed by atoms with Gasteiger partial charge >= 0.3 is 0 Å². The van der Waals surface area contributed by atoms with Gasteiger partial charge in [0.25, 0.3) is 5.91 Å². The van der Waals surface area contributed by atoms with Crippen LogP contribution in [0.2, 0.25) is 5.02 Å². The van der Waals surface area contributed by atoms with E-state index >= 15 is 0 Å². The molecule has 2 aromatic carbocycles. The number of carbonyl (C=O) groups is 1. The number of benzene rings is 2. The first kappa shape index (κ1) is 14.1. The Bertz CT molecular complexity index is 692. The van der Waals surface area contributed by atoms with E-state index in [1.54, 1.807) is 0 Å². The fraction of sp³-hybridized carbons (Fsp3) is 0. The number of halogens is 3. The summed E-state index contributed by atoms with van der Waals surface area (Å²) in [5.74, 6) is -3.21. The van der Waals surface area contributed by atoms with Crippen molar-refractivity contribution in [3.8, 4) is 11.5 Å². The Morgan fingerprint density at radius 1 is 1.20 bits per heavy atom. The SMILES string of the molecule is NC(=O)c1cc(Oc2cccc(Cl)c2F)c(F)cc1N. The van der Waals surface area contributed by atoms with Crippen molar-refractivity contribution in [2.75, 3.05) is 5.73 Å². The van der Waals surface area contributed by atoms with E-state index in [2.05, 4.69) is 0 Å². The average molecular weight is 299 g/mol. The maximum absolute atomic E-state index is 13.7. The first-order chi connectivity index (χ1) is 9.40. The Hall–Kier alpha value is -2.34. The molecule has 0 fully saturated rings. The zero-order chi connectivity index (χ0) is 14.9. The molecule has 0 aliphatic rings. The number of primary amides is 1. The van der Waals surface area contributed by atoms with Gasteiger partial charge in [0.1, 0.15) is 0 Å². The number of hydrogen-bond acceptors (Lipinski definition) is 3. The molecule has 0 saturated heterocycles. The molecule has 104 valence electrons. The fourth-order valence-corrected chi connectivity index (χ4v) is 1.71. The summed E-state index contributed by atoms with van der Waals surface area (Å²) in [6.07, 6.45) is 0. The highest BCUT2D eigenvalue weighted by molar-refractivity contribution is 6.30. The topological polar surface area (TPSA) is 78.3 Å². The second-order valence-electron chi connectivity index (χ2n) is 3.89. The molecule has 7 heteroatoms. The summed E-state index contributed by atoms with van der Waals surface area (Å²) in [6, 6.07) is 5.90. The van der Waals surface area contributed by atoms with Crippen LogP contribution in [-0.4, -0.2) is 5.91 Å². The fourth-order valence-electron chi connectivity index (χ4n) is 1.54. The molecule has 4 N–H and O–H groups in total. The summed E-state index contributed by atoms with van der Waals surface area (Å²) in [6.45, 7) is 0. The number of nitrogen functional groups attached to an aromatic ring is 1. The second-order valence-corrected chi connectivity index (χ2v) is 4.30. The highest BCUT2D eigenvalue weighted by Gasteiger charge is 2.15. The summed E-state index contributed by atoms with van der Waals surface area (Å²) in [5, 5.41) is -0.173. The molecule has 0 radical (unpaired) electrons. The van der Waals surface area contributed by atoms with Gasteiger partial charge in [0.05, 0.1) is 10.6 Å². The Morgan fingerprint density at radius 2 is 1.90 bits per heavy atom. The summed E-state index contributed by atoms with van der Waals surface area (Å²) >= 11 is 5.58. The third-order valence-electron chi connectivity index (χ3n) is 2.51. The van der Waals surface area contributed by atoms with Crippen LogP contribution in [0.1, 0.15) is 10.4 Å². The van der Waals surface area contributed by atoms with E-state index < -0.39 is 17.5 Å². The second kappa shape index (κ2) is 5.34. The summed E-state index contributed by atoms with van der Waals surface area (Å²) in [7, 11) is 0. The van der Waals surface area contributed by atoms with E-state index in [4.69, 9.17) is 27.8 Å². The number of hydrogen-bond donors (Lipinski definition) is 2. The third-order valence-corrected chi connectivity index (χ3v) is 2.80. The quantitative estimate of drug-likeness (QED) is 0.855. The van der Waals surface area contributed by atoms with E-state index in [1.165, 1.54) is 18.2 Å². The molecule has 20 heavy (non-hydrogen) atoms. The summed E-state index contributed by atoms with van der Waals surface area (Å²) < 4.78 is 32.4. The lowest BCUT2D eigenvalue weighted by molar-refractivity contribution is 0.100. The first-order valence-electron chi connectivity index (χ1n) is 5.41. The van der Waals surface area contributed by atoms with Crippen LogP contribution in [0.3, 0.4) is 0 Å². The van der Waals surface area contributed by atoms with Crippen LogP contribution in [-0.2, 0) is 0 Å². The molecular weight excluding hydrogens is 290 g/mol. The van der Waals surface area contributed by atoms with Crippen LogP contribution in [0.5, 0.6) is 11.5 Å². The minimum absolute atomic E-state index is 0.121. The number of anilines is 1. The van der Waals surface area contributed by atoms with Gasteiger partial charge in [-0.05, 0) is 18.2 Å². The third kappa shape index (κ3) is 2.65. The highest BCUT2D eigenvalue weighted by atomic mass is 35.5. The normalized spacial score (nSPS) is 10.3. The predicted octanol–water partition coefficient (Wildman–Crippen LogP) is 3.09. The molecule has 0 aliphatic heterocycles. The van der Waals surface area contributed by atoms with E-state index in [0.717, 1.165) is 12.1 Å². The summed E-state index contributed by atoms with van der Waals surface area (Å²) in [4.78, 5) is 11.1. The monoisotopic (exact) mass is 298 g/mol. The van der Waals surface area contributed by atoms with Crippen LogP contribution in [0.4, 0.5) is 14.5 Å². The first-order valence-corrected chi connectivity index (χ1v) is 5.78. The molecule has 0 unspecified atom stereocenters. The smallest absolute Gasteiger partial charge is 0.250 e. The van der Waals surface area contributed by atoms with Crippen molar-refractivity contribution in [1.82, 2.24) is 0 Å². The van der Waals surface area contributed by atoms with Gasteiger partial charge in [-0.2, -0.15) is 0 Å². The van der Waals surface area contributed by atoms with Crippen LogP contribution >= 0.6 is 11.6 Å². The van der Waals surface area contributed by atoms with Crippen molar-refractivity contribution in [1.29, 1.82) is 0 Å². The maximum atomic E-state index is 13.7. The van der Waals surface area contributed by atoms with E-state index in [1.807, 2.05) is 0 Å². The van der Waals surface area contributed by atoms with Gasteiger partial charge in [0.2, 0.25) is 0 Å². The Balaban J connectivity index is 2.46. The Kier molecular flexibility index (Phi) is 3.76. The molecule has 0 atom stereocenters. The lowest BCUT2D eigenvalue weighted by Crippen LogP contribution is -2.14. The van der Waals surface area contributed by atoms with Gasteiger partial charge in [0.15, 0.2) is 23.1 Å². The zero-order valence-corrected chi connectivity index (χ0v) is 10.7. The molecular formula is C13H9ClF2N2O2. The summed E-state index contributed by atoms with van der Waals surface area (Å²) in [5.41, 5.74) is 10.3. The molecule has 0 heterocycles. The van der Waals surface area contributed by atoms with Crippen molar-refractivity contribution >= 4 is 23.2 Å². The number of ether oxygens (including phenoxy) is 1. The van der Waals surface area contributed by atoms with Crippen molar-refractivity contribution < 1.29 is 18.3 Å². The van der Waals surface area contributed by atoms with E-state index in [0.29, 0.717) is 0 Å². The van der Waals surface area contributed by atoms with Crippen molar-refractivity contribution in [2.45, 2.75) is 0 Å². The Morgan fingerprint density at radius 3 is 2.55 bits per heavy atom. The molecule has 0 bridgehead atoms. The number of carbonyl (C=O) groups excluding carboxylic acids is 1. The molecule has 0 aliphatic carbocycles. The van der Waals surface area contributed by atoms with Crippen LogP contribution in [0.25, 0.3) is 0 Å². The van der Waals surface area contributed by atoms with Gasteiger partial charge < -0.3 is 16.2 Å². The number of nitrogens with two attached hydrogens (primary N) is 2. The largest absolute Gasteiger partial charge is 0.451 e. The van der Waals surface area contributed by atoms with Gasteiger partial charge in [-0.15, -0.1) is 0 Å². The number of amides is 1. The maximum Gasteiger partial charge on any atom is 0.250 e. The predicted molar refractivity (Wildman–Crippen MR) is 70.8 cm³/mol. The van der Waals surface area contributed by atoms with Gasteiger partial charge in [-0.1, -0.05) is 17.7 Å². The van der Waals surface area contributed by atoms with E-state index in [9.17, 15) is 13.6 Å². The zero-order valence-electron chi connectivity index (χ0n) is 9.99. The minimum atomic E-state index is -0.855. The molecule has 4 nitrogen and oxygen atoms in total. The Labute approximate surface area is 117 Å². The van der Waals surface area contributed by atoms with E-state index in [-0.39, 0.29) is 27.8 Å². The standard InChI is InChI=1S/C13H9ClF2N2O2/c14-7-2-1-3-10(12(7)16)20-11-4-6(13(18)19)9(17)5-8(11)15/h1-5H,17H2,(H2,18,19). The number of rotatable bonds is 3.